The highest BCUT2D eigenvalue weighted by Crippen LogP contribution is 2.29. The third-order valence-corrected chi connectivity index (χ3v) is 6.29. The summed E-state index contributed by atoms with van der Waals surface area (Å²) in [5.41, 5.74) is 2.80. The molecule has 0 aliphatic heterocycles. The monoisotopic (exact) mass is 406 g/mol. The van der Waals surface area contributed by atoms with Crippen LogP contribution >= 0.6 is 11.8 Å². The van der Waals surface area contributed by atoms with Gasteiger partial charge in [-0.05, 0) is 25.0 Å². The number of imidazole rings is 1. The van der Waals surface area contributed by atoms with Crippen LogP contribution in [0, 0.1) is 0 Å². The zero-order valence-corrected chi connectivity index (χ0v) is 17.2. The van der Waals surface area contributed by atoms with Crippen molar-refractivity contribution in [2.75, 3.05) is 16.5 Å². The first-order chi connectivity index (χ1) is 14.2. The van der Waals surface area contributed by atoms with Crippen molar-refractivity contribution in [1.82, 2.24) is 9.66 Å². The predicted molar refractivity (Wildman–Crippen MR) is 119 cm³/mol. The van der Waals surface area contributed by atoms with Gasteiger partial charge in [-0.15, -0.1) is 0 Å². The topological polar surface area (TPSA) is 64.2 Å². The molecule has 0 bridgehead atoms. The van der Waals surface area contributed by atoms with Crippen LogP contribution in [0.15, 0.2) is 72.0 Å². The van der Waals surface area contributed by atoms with Crippen LogP contribution in [0.5, 0.6) is 0 Å². The van der Waals surface area contributed by atoms with Crippen LogP contribution in [0.1, 0.15) is 32.1 Å². The molecular formula is C23H26N4OS. The molecule has 150 valence electrons. The van der Waals surface area contributed by atoms with E-state index in [1.165, 1.54) is 35.7 Å². The minimum atomic E-state index is 0.109. The van der Waals surface area contributed by atoms with E-state index in [2.05, 4.69) is 4.98 Å². The van der Waals surface area contributed by atoms with Gasteiger partial charge in [0, 0.05) is 17.3 Å². The number of amides is 1. The highest BCUT2D eigenvalue weighted by molar-refractivity contribution is 7.99. The Morgan fingerprint density at radius 2 is 1.69 bits per heavy atom. The van der Waals surface area contributed by atoms with Gasteiger partial charge in [0.05, 0.1) is 17.6 Å². The van der Waals surface area contributed by atoms with Gasteiger partial charge in [-0.1, -0.05) is 79.6 Å². The summed E-state index contributed by atoms with van der Waals surface area (Å²) in [6, 6.07) is 20.2. The van der Waals surface area contributed by atoms with Gasteiger partial charge < -0.3 is 10.7 Å². The number of carbonyl (C=O) groups excluding carboxylic acids is 1. The van der Waals surface area contributed by atoms with Crippen LogP contribution in [0.2, 0.25) is 0 Å². The lowest BCUT2D eigenvalue weighted by atomic mass is 9.93. The summed E-state index contributed by atoms with van der Waals surface area (Å²) >= 11 is 1.39. The molecule has 1 aromatic heterocycles. The average molecular weight is 407 g/mol. The number of benzene rings is 2. The summed E-state index contributed by atoms with van der Waals surface area (Å²) < 4.78 is 1.51. The van der Waals surface area contributed by atoms with E-state index in [0.717, 1.165) is 29.8 Å². The number of nitrogen functional groups attached to an aromatic ring is 1. The van der Waals surface area contributed by atoms with Gasteiger partial charge in [-0.25, -0.2) is 9.66 Å². The summed E-state index contributed by atoms with van der Waals surface area (Å²) in [6.45, 7) is 0. The maximum atomic E-state index is 13.2. The lowest BCUT2D eigenvalue weighted by Crippen LogP contribution is -2.42. The Bertz CT molecular complexity index is 936. The second-order valence-corrected chi connectivity index (χ2v) is 8.30. The first-order valence-corrected chi connectivity index (χ1v) is 11.1. The van der Waals surface area contributed by atoms with Crippen molar-refractivity contribution < 1.29 is 4.79 Å². The van der Waals surface area contributed by atoms with Gasteiger partial charge in [0.1, 0.15) is 0 Å². The highest BCUT2D eigenvalue weighted by atomic mass is 32.2. The Kier molecular flexibility index (Phi) is 6.20. The van der Waals surface area contributed by atoms with Crippen LogP contribution in [0.4, 0.5) is 5.69 Å². The Morgan fingerprint density at radius 3 is 2.38 bits per heavy atom. The smallest absolute Gasteiger partial charge is 0.237 e. The fourth-order valence-electron chi connectivity index (χ4n) is 3.91. The van der Waals surface area contributed by atoms with E-state index >= 15 is 0 Å². The largest absolute Gasteiger partial charge is 0.337 e. The molecule has 0 unspecified atom stereocenters. The molecule has 29 heavy (non-hydrogen) atoms. The van der Waals surface area contributed by atoms with Crippen molar-refractivity contribution in [2.45, 2.75) is 43.3 Å². The zero-order chi connectivity index (χ0) is 20.1. The molecule has 4 rings (SSSR count). The quantitative estimate of drug-likeness (QED) is 0.475. The molecule has 1 heterocycles. The summed E-state index contributed by atoms with van der Waals surface area (Å²) in [6.07, 6.45) is 7.56. The predicted octanol–water partition coefficient (Wildman–Crippen LogP) is 4.72. The number of anilines is 1. The molecule has 3 aromatic rings. The normalized spacial score (nSPS) is 14.6. The van der Waals surface area contributed by atoms with E-state index in [1.54, 1.807) is 6.20 Å². The third kappa shape index (κ3) is 4.65. The Labute approximate surface area is 175 Å². The Morgan fingerprint density at radius 1 is 1.03 bits per heavy atom. The fraction of sp³-hybridized carbons (Fsp3) is 0.304. The lowest BCUT2D eigenvalue weighted by molar-refractivity contribution is -0.116. The second-order valence-electron chi connectivity index (χ2n) is 7.36. The fourth-order valence-corrected chi connectivity index (χ4v) is 4.67. The van der Waals surface area contributed by atoms with E-state index in [4.69, 9.17) is 5.84 Å². The maximum absolute atomic E-state index is 13.2. The number of thioether (sulfide) groups is 1. The first-order valence-electron chi connectivity index (χ1n) is 10.1. The summed E-state index contributed by atoms with van der Waals surface area (Å²) in [5, 5.41) is 0.647. The van der Waals surface area contributed by atoms with Gasteiger partial charge >= 0.3 is 0 Å². The van der Waals surface area contributed by atoms with Crippen LogP contribution in [-0.4, -0.2) is 27.4 Å². The first kappa shape index (κ1) is 19.6. The summed E-state index contributed by atoms with van der Waals surface area (Å²) in [4.78, 5) is 19.9. The van der Waals surface area contributed by atoms with Gasteiger partial charge in [-0.2, -0.15) is 0 Å². The van der Waals surface area contributed by atoms with Gasteiger partial charge in [0.15, 0.2) is 5.16 Å². The van der Waals surface area contributed by atoms with Crippen molar-refractivity contribution in [1.29, 1.82) is 0 Å². The number of hydrogen-bond donors (Lipinski definition) is 1. The molecule has 0 radical (unpaired) electrons. The number of carbonyl (C=O) groups is 1. The van der Waals surface area contributed by atoms with Crippen molar-refractivity contribution in [3.05, 3.63) is 66.9 Å². The molecule has 1 fully saturated rings. The molecule has 0 atom stereocenters. The van der Waals surface area contributed by atoms with Gasteiger partial charge in [0.25, 0.3) is 0 Å². The molecule has 0 saturated heterocycles. The minimum absolute atomic E-state index is 0.109. The van der Waals surface area contributed by atoms with Gasteiger partial charge in [0.2, 0.25) is 5.91 Å². The SMILES string of the molecule is Nn1cc(-c2ccccc2)nc1SCC(=O)N(c1ccccc1)C1CCCCC1. The molecule has 1 saturated carbocycles. The third-order valence-electron chi connectivity index (χ3n) is 5.34. The molecule has 6 heteroatoms. The zero-order valence-electron chi connectivity index (χ0n) is 16.4. The molecule has 2 N–H and O–H groups in total. The van der Waals surface area contributed by atoms with E-state index < -0.39 is 0 Å². The van der Waals surface area contributed by atoms with Crippen LogP contribution in [0.25, 0.3) is 11.3 Å². The molecule has 0 spiro atoms. The molecule has 1 aliphatic rings. The number of rotatable bonds is 6. The second kappa shape index (κ2) is 9.18. The number of nitrogens with zero attached hydrogens (tertiary/aromatic N) is 3. The van der Waals surface area contributed by atoms with E-state index in [9.17, 15) is 4.79 Å². The van der Waals surface area contributed by atoms with Gasteiger partial charge in [-0.3, -0.25) is 4.79 Å². The van der Waals surface area contributed by atoms with E-state index in [-0.39, 0.29) is 11.9 Å². The highest BCUT2D eigenvalue weighted by Gasteiger charge is 2.27. The minimum Gasteiger partial charge on any atom is -0.337 e. The van der Waals surface area contributed by atoms with E-state index in [1.807, 2.05) is 65.6 Å². The number of nitrogens with two attached hydrogens (primary N) is 1. The number of aromatic nitrogens is 2. The van der Waals surface area contributed by atoms with Crippen LogP contribution in [0.3, 0.4) is 0 Å². The molecular weight excluding hydrogens is 380 g/mol. The van der Waals surface area contributed by atoms with Crippen molar-refractivity contribution in [3.63, 3.8) is 0 Å². The number of hydrogen-bond acceptors (Lipinski definition) is 4. The Balaban J connectivity index is 1.49. The van der Waals surface area contributed by atoms with Crippen molar-refractivity contribution in [2.24, 2.45) is 0 Å². The van der Waals surface area contributed by atoms with Crippen LogP contribution < -0.4 is 10.7 Å². The molecule has 1 aliphatic carbocycles. The Hall–Kier alpha value is -2.73. The van der Waals surface area contributed by atoms with Crippen LogP contribution in [-0.2, 0) is 4.79 Å². The maximum Gasteiger partial charge on any atom is 0.237 e. The standard InChI is InChI=1S/C23H26N4OS/c24-26-16-21(18-10-4-1-5-11-18)25-23(26)29-17-22(28)27(19-12-6-2-7-13-19)20-14-8-3-9-15-20/h1-2,4-7,10-13,16,20H,3,8-9,14-15,17,24H2. The van der Waals surface area contributed by atoms with Crippen molar-refractivity contribution in [3.8, 4) is 11.3 Å². The van der Waals surface area contributed by atoms with Crippen molar-refractivity contribution >= 4 is 23.4 Å². The summed E-state index contributed by atoms with van der Waals surface area (Å²) in [7, 11) is 0. The molecule has 2 aromatic carbocycles. The number of para-hydroxylation sites is 1. The lowest BCUT2D eigenvalue weighted by Gasteiger charge is -2.34. The average Bonchev–Trinajstić information content (AvgIpc) is 3.15. The molecule has 1 amide bonds. The molecule has 5 nitrogen and oxygen atoms in total. The summed E-state index contributed by atoms with van der Waals surface area (Å²) in [5.74, 6) is 6.53. The van der Waals surface area contributed by atoms with E-state index in [0.29, 0.717) is 10.9 Å².